The van der Waals surface area contributed by atoms with E-state index in [4.69, 9.17) is 9.84 Å². The summed E-state index contributed by atoms with van der Waals surface area (Å²) < 4.78 is 4.71. The first kappa shape index (κ1) is 14.9. The summed E-state index contributed by atoms with van der Waals surface area (Å²) in [5, 5.41) is 8.80. The van der Waals surface area contributed by atoms with Gasteiger partial charge in [-0.2, -0.15) is 0 Å². The number of carboxylic acid groups (broad SMARTS) is 1. The lowest BCUT2D eigenvalue weighted by atomic mass is 9.89. The Labute approximate surface area is 97.0 Å². The van der Waals surface area contributed by atoms with Gasteiger partial charge in [0.1, 0.15) is 0 Å². The normalized spacial score (nSPS) is 13.2. The van der Waals surface area contributed by atoms with Crippen LogP contribution in [0.25, 0.3) is 0 Å². The van der Waals surface area contributed by atoms with Gasteiger partial charge in [0.15, 0.2) is 6.10 Å². The highest BCUT2D eigenvalue weighted by atomic mass is 16.6. The first-order valence-corrected chi connectivity index (χ1v) is 5.62. The van der Waals surface area contributed by atoms with E-state index in [2.05, 4.69) is 20.8 Å². The molecule has 1 atom stereocenters. The largest absolute Gasteiger partial charge is 0.479 e. The molecule has 0 heterocycles. The molecule has 0 aliphatic heterocycles. The number of unbranched alkanes of at least 4 members (excludes halogenated alkanes) is 1. The zero-order valence-corrected chi connectivity index (χ0v) is 10.6. The van der Waals surface area contributed by atoms with Crippen molar-refractivity contribution in [3.63, 3.8) is 0 Å². The van der Waals surface area contributed by atoms with E-state index in [0.29, 0.717) is 6.42 Å². The van der Waals surface area contributed by atoms with Gasteiger partial charge in [-0.05, 0) is 24.7 Å². The van der Waals surface area contributed by atoms with Gasteiger partial charge in [-0.25, -0.2) is 4.79 Å². The lowest BCUT2D eigenvalue weighted by molar-refractivity contribution is -0.163. The third-order valence-electron chi connectivity index (χ3n) is 2.23. The van der Waals surface area contributed by atoms with E-state index in [1.165, 1.54) is 6.92 Å². The van der Waals surface area contributed by atoms with E-state index in [1.54, 1.807) is 0 Å². The molecule has 4 heteroatoms. The van der Waals surface area contributed by atoms with Gasteiger partial charge >= 0.3 is 11.9 Å². The molecule has 0 aromatic heterocycles. The van der Waals surface area contributed by atoms with Crippen LogP contribution in [0.2, 0.25) is 0 Å². The summed E-state index contributed by atoms with van der Waals surface area (Å²) >= 11 is 0. The minimum Gasteiger partial charge on any atom is -0.479 e. The molecule has 0 aliphatic rings. The molecule has 94 valence electrons. The maximum absolute atomic E-state index is 10.7. The molecule has 0 bridgehead atoms. The van der Waals surface area contributed by atoms with E-state index in [9.17, 15) is 9.59 Å². The smallest absolute Gasteiger partial charge is 0.345 e. The number of carbonyl (C=O) groups is 2. The summed E-state index contributed by atoms with van der Waals surface area (Å²) in [6.07, 6.45) is 2.16. The molecule has 0 fully saturated rings. The summed E-state index contributed by atoms with van der Waals surface area (Å²) in [7, 11) is 0. The van der Waals surface area contributed by atoms with Crippen molar-refractivity contribution in [2.45, 2.75) is 59.5 Å². The average Bonchev–Trinajstić information content (AvgIpc) is 2.07. The van der Waals surface area contributed by atoms with Crippen LogP contribution >= 0.6 is 0 Å². The van der Waals surface area contributed by atoms with Crippen molar-refractivity contribution in [3.8, 4) is 0 Å². The Hall–Kier alpha value is -1.06. The van der Waals surface area contributed by atoms with Crippen LogP contribution in [0.1, 0.15) is 53.4 Å². The Balaban J connectivity index is 3.86. The van der Waals surface area contributed by atoms with Crippen LogP contribution in [-0.2, 0) is 14.3 Å². The SMILES string of the molecule is CC(=O)OC(CCCCC(C)(C)C)C(=O)O. The lowest BCUT2D eigenvalue weighted by Crippen LogP contribution is -2.26. The molecule has 0 radical (unpaired) electrons. The van der Waals surface area contributed by atoms with Crippen LogP contribution < -0.4 is 0 Å². The minimum atomic E-state index is -1.06. The summed E-state index contributed by atoms with van der Waals surface area (Å²) in [6.45, 7) is 7.67. The fourth-order valence-corrected chi connectivity index (χ4v) is 1.42. The number of ether oxygens (including phenoxy) is 1. The van der Waals surface area contributed by atoms with Gasteiger partial charge in [0, 0.05) is 6.92 Å². The first-order valence-electron chi connectivity index (χ1n) is 5.62. The number of hydrogen-bond acceptors (Lipinski definition) is 3. The molecule has 0 aromatic rings. The highest BCUT2D eigenvalue weighted by molar-refractivity contribution is 5.76. The summed E-state index contributed by atoms with van der Waals surface area (Å²) in [5.74, 6) is -1.60. The standard InChI is InChI=1S/C12H22O4/c1-9(13)16-10(11(14)15)7-5-6-8-12(2,3)4/h10H,5-8H2,1-4H3,(H,14,15). The Morgan fingerprint density at radius 3 is 2.19 bits per heavy atom. The molecule has 0 aliphatic carbocycles. The number of carbonyl (C=O) groups excluding carboxylic acids is 1. The van der Waals surface area contributed by atoms with Gasteiger partial charge in [0.2, 0.25) is 0 Å². The van der Waals surface area contributed by atoms with Crippen LogP contribution in [0, 0.1) is 5.41 Å². The third kappa shape index (κ3) is 8.26. The van der Waals surface area contributed by atoms with Crippen molar-refractivity contribution in [1.82, 2.24) is 0 Å². The monoisotopic (exact) mass is 230 g/mol. The van der Waals surface area contributed by atoms with Crippen LogP contribution in [0.4, 0.5) is 0 Å². The van der Waals surface area contributed by atoms with E-state index in [0.717, 1.165) is 19.3 Å². The molecular weight excluding hydrogens is 208 g/mol. The Kier molecular flexibility index (Phi) is 6.08. The topological polar surface area (TPSA) is 63.6 Å². The van der Waals surface area contributed by atoms with E-state index < -0.39 is 18.0 Å². The van der Waals surface area contributed by atoms with Crippen molar-refractivity contribution in [2.24, 2.45) is 5.41 Å². The lowest BCUT2D eigenvalue weighted by Gasteiger charge is -2.18. The maximum atomic E-state index is 10.7. The number of carboxylic acids is 1. The Morgan fingerprint density at radius 2 is 1.81 bits per heavy atom. The van der Waals surface area contributed by atoms with Crippen molar-refractivity contribution in [3.05, 3.63) is 0 Å². The number of aliphatic carboxylic acids is 1. The van der Waals surface area contributed by atoms with Crippen molar-refractivity contribution in [2.75, 3.05) is 0 Å². The molecule has 16 heavy (non-hydrogen) atoms. The summed E-state index contributed by atoms with van der Waals surface area (Å²) in [4.78, 5) is 21.4. The second-order valence-electron chi connectivity index (χ2n) is 5.24. The zero-order valence-electron chi connectivity index (χ0n) is 10.6. The van der Waals surface area contributed by atoms with Gasteiger partial charge in [-0.1, -0.05) is 27.2 Å². The van der Waals surface area contributed by atoms with E-state index in [1.807, 2.05) is 0 Å². The van der Waals surface area contributed by atoms with Crippen molar-refractivity contribution < 1.29 is 19.4 Å². The van der Waals surface area contributed by atoms with E-state index >= 15 is 0 Å². The van der Waals surface area contributed by atoms with Crippen molar-refractivity contribution in [1.29, 1.82) is 0 Å². The summed E-state index contributed by atoms with van der Waals surface area (Å²) in [6, 6.07) is 0. The second kappa shape index (κ2) is 6.51. The average molecular weight is 230 g/mol. The van der Waals surface area contributed by atoms with E-state index in [-0.39, 0.29) is 5.41 Å². The molecule has 0 amide bonds. The number of hydrogen-bond donors (Lipinski definition) is 1. The van der Waals surface area contributed by atoms with Gasteiger partial charge in [-0.3, -0.25) is 4.79 Å². The van der Waals surface area contributed by atoms with Crippen LogP contribution in [0.5, 0.6) is 0 Å². The molecule has 0 spiro atoms. The van der Waals surface area contributed by atoms with Gasteiger partial charge in [0.05, 0.1) is 0 Å². The predicted molar refractivity (Wildman–Crippen MR) is 61.1 cm³/mol. The fraction of sp³-hybridized carbons (Fsp3) is 0.833. The Bertz CT molecular complexity index is 240. The van der Waals surface area contributed by atoms with Crippen LogP contribution in [0.3, 0.4) is 0 Å². The van der Waals surface area contributed by atoms with Crippen LogP contribution in [-0.4, -0.2) is 23.1 Å². The highest BCUT2D eigenvalue weighted by Crippen LogP contribution is 2.22. The molecule has 1 N–H and O–H groups in total. The minimum absolute atomic E-state index is 0.264. The molecule has 4 nitrogen and oxygen atoms in total. The molecule has 0 saturated heterocycles. The second-order valence-corrected chi connectivity index (χ2v) is 5.24. The Morgan fingerprint density at radius 1 is 1.25 bits per heavy atom. The highest BCUT2D eigenvalue weighted by Gasteiger charge is 2.20. The quantitative estimate of drug-likeness (QED) is 0.562. The molecular formula is C12H22O4. The fourth-order valence-electron chi connectivity index (χ4n) is 1.42. The first-order chi connectivity index (χ1) is 7.22. The maximum Gasteiger partial charge on any atom is 0.345 e. The molecule has 0 rings (SSSR count). The van der Waals surface area contributed by atoms with Crippen molar-refractivity contribution >= 4 is 11.9 Å². The molecule has 0 saturated carbocycles. The molecule has 1 unspecified atom stereocenters. The number of esters is 1. The van der Waals surface area contributed by atoms with Gasteiger partial charge in [0.25, 0.3) is 0 Å². The summed E-state index contributed by atoms with van der Waals surface area (Å²) in [5.41, 5.74) is 0.264. The molecule has 0 aromatic carbocycles. The number of rotatable bonds is 6. The zero-order chi connectivity index (χ0) is 12.8. The third-order valence-corrected chi connectivity index (χ3v) is 2.23. The van der Waals surface area contributed by atoms with Gasteiger partial charge < -0.3 is 9.84 Å². The van der Waals surface area contributed by atoms with Crippen LogP contribution in [0.15, 0.2) is 0 Å². The predicted octanol–water partition coefficient (Wildman–Crippen LogP) is 2.61. The van der Waals surface area contributed by atoms with Gasteiger partial charge in [-0.15, -0.1) is 0 Å².